The van der Waals surface area contributed by atoms with Crippen molar-refractivity contribution in [2.45, 2.75) is 12.8 Å². The molecule has 0 aliphatic carbocycles. The Morgan fingerprint density at radius 1 is 1.47 bits per heavy atom. The monoisotopic (exact) mass is 325 g/mol. The average molecular weight is 326 g/mol. The summed E-state index contributed by atoms with van der Waals surface area (Å²) >= 11 is 3.43. The molecule has 0 bridgehead atoms. The Balaban J connectivity index is 1.80. The number of hydrogen-bond acceptors (Lipinski definition) is 3. The maximum absolute atomic E-state index is 12.1. The van der Waals surface area contributed by atoms with Gasteiger partial charge >= 0.3 is 0 Å². The Morgan fingerprint density at radius 2 is 2.26 bits per heavy atom. The summed E-state index contributed by atoms with van der Waals surface area (Å²) in [5.41, 5.74) is 0.787. The van der Waals surface area contributed by atoms with E-state index in [1.165, 1.54) is 6.42 Å². The molecule has 0 spiro atoms. The van der Waals surface area contributed by atoms with Crippen molar-refractivity contribution in [3.8, 4) is 0 Å². The van der Waals surface area contributed by atoms with Gasteiger partial charge in [0.05, 0.1) is 6.61 Å². The fourth-order valence-corrected chi connectivity index (χ4v) is 3.08. The van der Waals surface area contributed by atoms with E-state index in [1.807, 2.05) is 24.3 Å². The second-order valence-corrected chi connectivity index (χ2v) is 5.92. The molecular formula is C15H20BrNO2. The lowest BCUT2D eigenvalue weighted by molar-refractivity contribution is 0.0965. The summed E-state index contributed by atoms with van der Waals surface area (Å²) < 4.78 is 6.07. The molecule has 0 amide bonds. The number of carbonyl (C=O) groups is 1. The Labute approximate surface area is 123 Å². The number of benzene rings is 1. The smallest absolute Gasteiger partial charge is 0.165 e. The number of methoxy groups -OCH3 is 1. The molecule has 19 heavy (non-hydrogen) atoms. The van der Waals surface area contributed by atoms with Gasteiger partial charge in [0.2, 0.25) is 0 Å². The summed E-state index contributed by atoms with van der Waals surface area (Å²) in [5, 5.41) is 0. The molecule has 0 saturated carbocycles. The number of likely N-dealkylation sites (tertiary alicyclic amines) is 1. The summed E-state index contributed by atoms with van der Waals surface area (Å²) in [6.45, 7) is 3.81. The largest absolute Gasteiger partial charge is 0.384 e. The van der Waals surface area contributed by atoms with Crippen LogP contribution in [0.15, 0.2) is 28.7 Å². The molecular weight excluding hydrogens is 306 g/mol. The summed E-state index contributed by atoms with van der Waals surface area (Å²) in [4.78, 5) is 14.5. The Kier molecular flexibility index (Phi) is 5.55. The van der Waals surface area contributed by atoms with Gasteiger partial charge in [-0.1, -0.05) is 34.1 Å². The van der Waals surface area contributed by atoms with Crippen molar-refractivity contribution in [1.82, 2.24) is 4.90 Å². The molecule has 1 aliphatic rings. The van der Waals surface area contributed by atoms with Gasteiger partial charge < -0.3 is 9.64 Å². The number of halogens is 1. The van der Waals surface area contributed by atoms with E-state index in [4.69, 9.17) is 4.74 Å². The molecule has 1 fully saturated rings. The van der Waals surface area contributed by atoms with Crippen molar-refractivity contribution in [2.75, 3.05) is 33.4 Å². The van der Waals surface area contributed by atoms with Crippen molar-refractivity contribution in [3.05, 3.63) is 34.3 Å². The topological polar surface area (TPSA) is 29.5 Å². The molecule has 0 aromatic heterocycles. The van der Waals surface area contributed by atoms with Crippen molar-refractivity contribution in [2.24, 2.45) is 5.92 Å². The SMILES string of the molecule is COCC1CCN(CCC(=O)c2ccccc2Br)C1. The van der Waals surface area contributed by atoms with Gasteiger partial charge in [0, 0.05) is 36.7 Å². The second-order valence-electron chi connectivity index (χ2n) is 5.06. The van der Waals surface area contributed by atoms with Gasteiger partial charge in [-0.2, -0.15) is 0 Å². The first kappa shape index (κ1) is 14.7. The Morgan fingerprint density at radius 3 is 3.00 bits per heavy atom. The predicted molar refractivity (Wildman–Crippen MR) is 79.5 cm³/mol. The van der Waals surface area contributed by atoms with E-state index in [9.17, 15) is 4.79 Å². The first-order valence-corrected chi connectivity index (χ1v) is 7.49. The summed E-state index contributed by atoms with van der Waals surface area (Å²) in [7, 11) is 1.75. The molecule has 0 N–H and O–H groups in total. The molecule has 1 saturated heterocycles. The molecule has 2 rings (SSSR count). The minimum Gasteiger partial charge on any atom is -0.384 e. The van der Waals surface area contributed by atoms with Gasteiger partial charge in [-0.05, 0) is 24.9 Å². The van der Waals surface area contributed by atoms with E-state index >= 15 is 0 Å². The molecule has 0 radical (unpaired) electrons. The number of ketones is 1. The fourth-order valence-electron chi connectivity index (χ4n) is 2.57. The number of rotatable bonds is 6. The zero-order valence-corrected chi connectivity index (χ0v) is 12.9. The van der Waals surface area contributed by atoms with Crippen LogP contribution in [0.25, 0.3) is 0 Å². The van der Waals surface area contributed by atoms with Crippen molar-refractivity contribution in [3.63, 3.8) is 0 Å². The van der Waals surface area contributed by atoms with Crippen LogP contribution in [0.3, 0.4) is 0 Å². The predicted octanol–water partition coefficient (Wildman–Crippen LogP) is 2.99. The molecule has 1 aliphatic heterocycles. The number of Topliss-reactive ketones (excluding diaryl/α,β-unsaturated/α-hetero) is 1. The van der Waals surface area contributed by atoms with Gasteiger partial charge in [-0.25, -0.2) is 0 Å². The highest BCUT2D eigenvalue weighted by molar-refractivity contribution is 9.10. The van der Waals surface area contributed by atoms with E-state index in [1.54, 1.807) is 7.11 Å². The molecule has 3 nitrogen and oxygen atoms in total. The highest BCUT2D eigenvalue weighted by Gasteiger charge is 2.22. The van der Waals surface area contributed by atoms with Gasteiger partial charge in [0.15, 0.2) is 5.78 Å². The summed E-state index contributed by atoms with van der Waals surface area (Å²) in [6, 6.07) is 7.63. The molecule has 104 valence electrons. The van der Waals surface area contributed by atoms with Crippen LogP contribution >= 0.6 is 15.9 Å². The van der Waals surface area contributed by atoms with Crippen LogP contribution in [0.5, 0.6) is 0 Å². The zero-order chi connectivity index (χ0) is 13.7. The Hall–Kier alpha value is -0.710. The average Bonchev–Trinajstić information content (AvgIpc) is 2.85. The van der Waals surface area contributed by atoms with Crippen LogP contribution in [-0.2, 0) is 4.74 Å². The third kappa shape index (κ3) is 4.13. The van der Waals surface area contributed by atoms with Gasteiger partial charge in [0.1, 0.15) is 0 Å². The molecule has 1 heterocycles. The third-order valence-corrected chi connectivity index (χ3v) is 4.29. The van der Waals surface area contributed by atoms with Crippen molar-refractivity contribution >= 4 is 21.7 Å². The first-order valence-electron chi connectivity index (χ1n) is 6.69. The van der Waals surface area contributed by atoms with Crippen LogP contribution in [0, 0.1) is 5.92 Å². The second kappa shape index (κ2) is 7.17. The highest BCUT2D eigenvalue weighted by atomic mass is 79.9. The lowest BCUT2D eigenvalue weighted by atomic mass is 10.1. The Bertz CT molecular complexity index is 436. The van der Waals surface area contributed by atoms with E-state index < -0.39 is 0 Å². The molecule has 4 heteroatoms. The summed E-state index contributed by atoms with van der Waals surface area (Å²) in [5.74, 6) is 0.839. The lowest BCUT2D eigenvalue weighted by Gasteiger charge is -2.15. The van der Waals surface area contributed by atoms with E-state index in [0.29, 0.717) is 12.3 Å². The maximum Gasteiger partial charge on any atom is 0.165 e. The zero-order valence-electron chi connectivity index (χ0n) is 11.3. The maximum atomic E-state index is 12.1. The number of ether oxygens (including phenoxy) is 1. The van der Waals surface area contributed by atoms with Crippen LogP contribution in [0.4, 0.5) is 0 Å². The number of nitrogens with zero attached hydrogens (tertiary/aromatic N) is 1. The molecule has 1 unspecified atom stereocenters. The lowest BCUT2D eigenvalue weighted by Crippen LogP contribution is -2.24. The van der Waals surface area contributed by atoms with E-state index in [0.717, 1.165) is 36.3 Å². The van der Waals surface area contributed by atoms with Gasteiger partial charge in [-0.3, -0.25) is 4.79 Å². The first-order chi connectivity index (χ1) is 9.20. The van der Waals surface area contributed by atoms with Crippen LogP contribution in [0.1, 0.15) is 23.2 Å². The molecule has 1 aromatic rings. The van der Waals surface area contributed by atoms with E-state index in [-0.39, 0.29) is 5.78 Å². The fraction of sp³-hybridized carbons (Fsp3) is 0.533. The minimum atomic E-state index is 0.211. The van der Waals surface area contributed by atoms with E-state index in [2.05, 4.69) is 20.8 Å². The van der Waals surface area contributed by atoms with Gasteiger partial charge in [0.25, 0.3) is 0 Å². The quantitative estimate of drug-likeness (QED) is 0.753. The summed E-state index contributed by atoms with van der Waals surface area (Å²) in [6.07, 6.45) is 1.76. The third-order valence-electron chi connectivity index (χ3n) is 3.60. The standard InChI is InChI=1S/C15H20BrNO2/c1-19-11-12-6-8-17(10-12)9-7-15(18)13-4-2-3-5-14(13)16/h2-5,12H,6-11H2,1H3. The van der Waals surface area contributed by atoms with Crippen molar-refractivity contribution < 1.29 is 9.53 Å². The molecule has 1 aromatic carbocycles. The molecule has 1 atom stereocenters. The highest BCUT2D eigenvalue weighted by Crippen LogP contribution is 2.20. The van der Waals surface area contributed by atoms with Crippen LogP contribution in [-0.4, -0.2) is 44.0 Å². The van der Waals surface area contributed by atoms with Crippen LogP contribution in [0.2, 0.25) is 0 Å². The normalized spacial score (nSPS) is 19.8. The number of hydrogen-bond donors (Lipinski definition) is 0. The van der Waals surface area contributed by atoms with Gasteiger partial charge in [-0.15, -0.1) is 0 Å². The van der Waals surface area contributed by atoms with Crippen LogP contribution < -0.4 is 0 Å². The van der Waals surface area contributed by atoms with Crippen molar-refractivity contribution in [1.29, 1.82) is 0 Å². The minimum absolute atomic E-state index is 0.211. The number of carbonyl (C=O) groups excluding carboxylic acids is 1.